The Kier molecular flexibility index (Phi) is 8.53. The summed E-state index contributed by atoms with van der Waals surface area (Å²) in [5, 5.41) is 8.78. The number of benzene rings is 2. The van der Waals surface area contributed by atoms with Crippen molar-refractivity contribution in [3.05, 3.63) is 59.7 Å². The Balaban J connectivity index is 1.82. The molecule has 0 unspecified atom stereocenters. The molecule has 1 N–H and O–H groups in total. The Morgan fingerprint density at radius 3 is 2.35 bits per heavy atom. The van der Waals surface area contributed by atoms with Crippen molar-refractivity contribution in [2.24, 2.45) is 0 Å². The zero-order valence-electron chi connectivity index (χ0n) is 15.4. The van der Waals surface area contributed by atoms with Crippen LogP contribution in [0.3, 0.4) is 0 Å². The van der Waals surface area contributed by atoms with Crippen molar-refractivity contribution in [3.63, 3.8) is 0 Å². The van der Waals surface area contributed by atoms with Gasteiger partial charge < -0.3 is 14.6 Å². The monoisotopic (exact) mass is 356 g/mol. The summed E-state index contributed by atoms with van der Waals surface area (Å²) in [6, 6.07) is 15.6. The first kappa shape index (κ1) is 19.8. The number of carboxylic acid groups (broad SMARTS) is 1. The summed E-state index contributed by atoms with van der Waals surface area (Å²) in [6.45, 7) is 3.40. The summed E-state index contributed by atoms with van der Waals surface area (Å²) in [5.41, 5.74) is 2.01. The van der Waals surface area contributed by atoms with Gasteiger partial charge in [-0.05, 0) is 48.2 Å². The molecule has 2 aromatic carbocycles. The van der Waals surface area contributed by atoms with Crippen molar-refractivity contribution in [3.8, 4) is 11.5 Å². The molecule has 0 saturated heterocycles. The van der Waals surface area contributed by atoms with Crippen LogP contribution in [-0.4, -0.2) is 17.7 Å². The van der Waals surface area contributed by atoms with E-state index in [0.717, 1.165) is 35.7 Å². The largest absolute Gasteiger partial charge is 0.494 e. The lowest BCUT2D eigenvalue weighted by atomic mass is 10.1. The number of unbranched alkanes of at least 4 members (excludes halogenated alkanes) is 3. The Labute approximate surface area is 155 Å². The summed E-state index contributed by atoms with van der Waals surface area (Å²) in [5.74, 6) is 0.833. The molecule has 0 aromatic heterocycles. The fraction of sp³-hybridized carbons (Fsp3) is 0.409. The highest BCUT2D eigenvalue weighted by molar-refractivity contribution is 5.67. The Morgan fingerprint density at radius 1 is 0.923 bits per heavy atom. The molecule has 140 valence electrons. The van der Waals surface area contributed by atoms with Crippen LogP contribution in [0.25, 0.3) is 0 Å². The van der Waals surface area contributed by atoms with Crippen LogP contribution >= 0.6 is 0 Å². The molecular weight excluding hydrogens is 328 g/mol. The van der Waals surface area contributed by atoms with Crippen molar-refractivity contribution >= 4 is 5.97 Å². The average molecular weight is 356 g/mol. The van der Waals surface area contributed by atoms with E-state index in [9.17, 15) is 4.79 Å². The van der Waals surface area contributed by atoms with E-state index in [1.54, 1.807) is 0 Å². The molecule has 4 nitrogen and oxygen atoms in total. The number of hydrogen-bond donors (Lipinski definition) is 1. The lowest BCUT2D eigenvalue weighted by molar-refractivity contribution is -0.136. The second-order valence-electron chi connectivity index (χ2n) is 6.39. The van der Waals surface area contributed by atoms with Crippen LogP contribution in [0.1, 0.15) is 50.2 Å². The van der Waals surface area contributed by atoms with Gasteiger partial charge in [0.05, 0.1) is 6.61 Å². The fourth-order valence-corrected chi connectivity index (χ4v) is 2.65. The van der Waals surface area contributed by atoms with Crippen molar-refractivity contribution in [1.29, 1.82) is 0 Å². The second kappa shape index (κ2) is 11.2. The number of carboxylic acids is 1. The molecule has 0 saturated carbocycles. The smallest absolute Gasteiger partial charge is 0.303 e. The van der Waals surface area contributed by atoms with Crippen molar-refractivity contribution in [2.45, 2.75) is 52.1 Å². The van der Waals surface area contributed by atoms with Gasteiger partial charge in [-0.3, -0.25) is 4.79 Å². The van der Waals surface area contributed by atoms with Crippen molar-refractivity contribution < 1.29 is 19.4 Å². The SMILES string of the molecule is CCCCCCOc1cccc(COc2cccc(CCC(=O)O)c2)c1. The van der Waals surface area contributed by atoms with Crippen LogP contribution in [0.2, 0.25) is 0 Å². The minimum absolute atomic E-state index is 0.126. The fourth-order valence-electron chi connectivity index (χ4n) is 2.65. The maximum absolute atomic E-state index is 10.7. The number of ether oxygens (including phenoxy) is 2. The van der Waals surface area contributed by atoms with Gasteiger partial charge in [-0.2, -0.15) is 0 Å². The molecule has 0 aliphatic heterocycles. The maximum Gasteiger partial charge on any atom is 0.303 e. The van der Waals surface area contributed by atoms with Crippen molar-refractivity contribution in [2.75, 3.05) is 6.61 Å². The number of aliphatic carboxylic acids is 1. The lowest BCUT2D eigenvalue weighted by Gasteiger charge is -2.10. The third kappa shape index (κ3) is 7.60. The van der Waals surface area contributed by atoms with Gasteiger partial charge in [-0.25, -0.2) is 0 Å². The van der Waals surface area contributed by atoms with Crippen molar-refractivity contribution in [1.82, 2.24) is 0 Å². The minimum Gasteiger partial charge on any atom is -0.494 e. The summed E-state index contributed by atoms with van der Waals surface area (Å²) < 4.78 is 11.7. The van der Waals surface area contributed by atoms with Gasteiger partial charge in [0.2, 0.25) is 0 Å². The van der Waals surface area contributed by atoms with Gasteiger partial charge in [0.15, 0.2) is 0 Å². The van der Waals surface area contributed by atoms with Gasteiger partial charge in [-0.15, -0.1) is 0 Å². The van der Waals surface area contributed by atoms with Crippen LogP contribution in [0.5, 0.6) is 11.5 Å². The highest BCUT2D eigenvalue weighted by Gasteiger charge is 2.03. The zero-order valence-corrected chi connectivity index (χ0v) is 15.4. The molecule has 0 heterocycles. The van der Waals surface area contributed by atoms with Gasteiger partial charge in [-0.1, -0.05) is 50.5 Å². The van der Waals surface area contributed by atoms with E-state index in [4.69, 9.17) is 14.6 Å². The first-order valence-electron chi connectivity index (χ1n) is 9.32. The number of rotatable bonds is 12. The molecule has 0 radical (unpaired) electrons. The first-order chi connectivity index (χ1) is 12.7. The van der Waals surface area contributed by atoms with Gasteiger partial charge in [0, 0.05) is 6.42 Å². The van der Waals surface area contributed by atoms with E-state index in [-0.39, 0.29) is 6.42 Å². The highest BCUT2D eigenvalue weighted by Crippen LogP contribution is 2.19. The quantitative estimate of drug-likeness (QED) is 0.528. The standard InChI is InChI=1S/C22H28O4/c1-2-3-4-5-14-25-20-10-7-9-19(16-20)17-26-21-11-6-8-18(15-21)12-13-22(23)24/h6-11,15-16H,2-5,12-14,17H2,1H3,(H,23,24). The summed E-state index contributed by atoms with van der Waals surface area (Å²) in [7, 11) is 0. The minimum atomic E-state index is -0.789. The second-order valence-corrected chi connectivity index (χ2v) is 6.39. The molecular formula is C22H28O4. The Morgan fingerprint density at radius 2 is 1.62 bits per heavy atom. The summed E-state index contributed by atoms with van der Waals surface area (Å²) in [4.78, 5) is 10.7. The Hall–Kier alpha value is -2.49. The molecule has 4 heteroatoms. The van der Waals surface area contributed by atoms with Crippen LogP contribution in [0.15, 0.2) is 48.5 Å². The molecule has 26 heavy (non-hydrogen) atoms. The molecule has 0 aliphatic carbocycles. The molecule has 2 aromatic rings. The summed E-state index contributed by atoms with van der Waals surface area (Å²) in [6.07, 6.45) is 5.40. The van der Waals surface area contributed by atoms with Gasteiger partial charge in [0.25, 0.3) is 0 Å². The molecule has 0 spiro atoms. The zero-order chi connectivity index (χ0) is 18.6. The van der Waals surface area contributed by atoms with Crippen LogP contribution in [-0.2, 0) is 17.8 Å². The topological polar surface area (TPSA) is 55.8 Å². The normalized spacial score (nSPS) is 10.5. The number of aryl methyl sites for hydroxylation is 1. The highest BCUT2D eigenvalue weighted by atomic mass is 16.5. The van der Waals surface area contributed by atoms with Crippen LogP contribution in [0, 0.1) is 0 Å². The average Bonchev–Trinajstić information content (AvgIpc) is 2.65. The molecule has 0 bridgehead atoms. The molecule has 0 atom stereocenters. The number of carbonyl (C=O) groups is 1. The van der Waals surface area contributed by atoms with Gasteiger partial charge in [0.1, 0.15) is 18.1 Å². The van der Waals surface area contributed by atoms with E-state index >= 15 is 0 Å². The summed E-state index contributed by atoms with van der Waals surface area (Å²) >= 11 is 0. The van der Waals surface area contributed by atoms with E-state index in [1.807, 2.05) is 48.5 Å². The first-order valence-corrected chi connectivity index (χ1v) is 9.32. The molecule has 2 rings (SSSR count). The third-order valence-corrected chi connectivity index (χ3v) is 4.10. The third-order valence-electron chi connectivity index (χ3n) is 4.10. The van der Waals surface area contributed by atoms with E-state index in [1.165, 1.54) is 19.3 Å². The van der Waals surface area contributed by atoms with Gasteiger partial charge >= 0.3 is 5.97 Å². The number of hydrogen-bond acceptors (Lipinski definition) is 3. The molecule has 0 amide bonds. The van der Waals surface area contributed by atoms with E-state index in [0.29, 0.717) is 13.0 Å². The predicted molar refractivity (Wildman–Crippen MR) is 103 cm³/mol. The molecule has 0 aliphatic rings. The van der Waals surface area contributed by atoms with Crippen LogP contribution < -0.4 is 9.47 Å². The molecule has 0 fully saturated rings. The maximum atomic E-state index is 10.7. The van der Waals surface area contributed by atoms with Crippen LogP contribution in [0.4, 0.5) is 0 Å². The lowest BCUT2D eigenvalue weighted by Crippen LogP contribution is -2.00. The predicted octanol–water partition coefficient (Wildman–Crippen LogP) is 5.24. The van der Waals surface area contributed by atoms with E-state index in [2.05, 4.69) is 6.92 Å². The Bertz CT molecular complexity index is 681. The van der Waals surface area contributed by atoms with E-state index < -0.39 is 5.97 Å².